The molecule has 0 aromatic carbocycles. The van der Waals surface area contributed by atoms with Crippen molar-refractivity contribution in [3.05, 3.63) is 35.5 Å². The minimum atomic E-state index is -1.96. The van der Waals surface area contributed by atoms with Crippen LogP contribution in [-0.2, 0) is 8.85 Å². The zero-order valence-electron chi connectivity index (χ0n) is 27.6. The van der Waals surface area contributed by atoms with E-state index in [1.807, 2.05) is 0 Å². The van der Waals surface area contributed by atoms with Crippen molar-refractivity contribution < 1.29 is 8.85 Å². The Morgan fingerprint density at radius 2 is 1.59 bits per heavy atom. The summed E-state index contributed by atoms with van der Waals surface area (Å²) < 4.78 is 14.1. The van der Waals surface area contributed by atoms with E-state index in [1.54, 1.807) is 5.57 Å². The van der Waals surface area contributed by atoms with Gasteiger partial charge >= 0.3 is 0 Å². The quantitative estimate of drug-likeness (QED) is 0.234. The third kappa shape index (κ3) is 6.79. The van der Waals surface area contributed by atoms with Crippen molar-refractivity contribution in [2.45, 2.75) is 149 Å². The first-order chi connectivity index (χ1) is 17.7. The van der Waals surface area contributed by atoms with Gasteiger partial charge in [0.1, 0.15) is 0 Å². The van der Waals surface area contributed by atoms with Crippen LogP contribution < -0.4 is 0 Å². The van der Waals surface area contributed by atoms with E-state index in [2.05, 4.69) is 106 Å². The Morgan fingerprint density at radius 3 is 2.15 bits per heavy atom. The predicted molar refractivity (Wildman–Crippen MR) is 175 cm³/mol. The summed E-state index contributed by atoms with van der Waals surface area (Å²) in [5, 5.41) is 0.345. The first kappa shape index (κ1) is 32.6. The summed E-state index contributed by atoms with van der Waals surface area (Å²) in [5.41, 5.74) is 4.47. The lowest BCUT2D eigenvalue weighted by Gasteiger charge is -2.45. The average Bonchev–Trinajstić information content (AvgIpc) is 3.15. The van der Waals surface area contributed by atoms with Gasteiger partial charge in [-0.15, -0.1) is 12.3 Å². The maximum absolute atomic E-state index is 7.04. The SMILES string of the molecule is C#C[C@@H](C)[C@H]1CC[C@H]2/C(=C/C=C3\C[C@@H](O[Si](C)(C)C(C)(C)C)C[C@H](O[Si](C)(C)C(C)(C)C)C3=C)CCC[C@]12C. The van der Waals surface area contributed by atoms with Crippen LogP contribution >= 0.6 is 0 Å². The number of fused-ring (bicyclic) bond motifs is 1. The molecule has 6 atom stereocenters. The molecule has 3 aliphatic carbocycles. The van der Waals surface area contributed by atoms with Gasteiger partial charge in [-0.25, -0.2) is 0 Å². The minimum absolute atomic E-state index is 0.0306. The van der Waals surface area contributed by atoms with Crippen LogP contribution in [0, 0.1) is 35.5 Å². The van der Waals surface area contributed by atoms with Crippen LogP contribution in [0.2, 0.25) is 36.3 Å². The fourth-order valence-electron chi connectivity index (χ4n) is 6.98. The first-order valence-corrected chi connectivity index (χ1v) is 21.5. The molecule has 3 rings (SSSR count). The summed E-state index contributed by atoms with van der Waals surface area (Å²) in [6.45, 7) is 32.9. The topological polar surface area (TPSA) is 18.5 Å². The molecule has 3 aliphatic rings. The van der Waals surface area contributed by atoms with E-state index in [-0.39, 0.29) is 22.3 Å². The molecule has 0 bridgehead atoms. The predicted octanol–water partition coefficient (Wildman–Crippen LogP) is 10.5. The van der Waals surface area contributed by atoms with E-state index < -0.39 is 16.6 Å². The zero-order chi connectivity index (χ0) is 29.6. The van der Waals surface area contributed by atoms with Gasteiger partial charge in [0.25, 0.3) is 0 Å². The van der Waals surface area contributed by atoms with E-state index in [9.17, 15) is 0 Å². The van der Waals surface area contributed by atoms with Gasteiger partial charge in [0.2, 0.25) is 0 Å². The number of terminal acetylenes is 1. The number of rotatable bonds is 6. The summed E-state index contributed by atoms with van der Waals surface area (Å²) in [6.07, 6.45) is 19.2. The van der Waals surface area contributed by atoms with Gasteiger partial charge in [-0.2, -0.15) is 0 Å². The molecule has 0 amide bonds. The smallest absolute Gasteiger partial charge is 0.192 e. The highest BCUT2D eigenvalue weighted by molar-refractivity contribution is 6.74. The summed E-state index contributed by atoms with van der Waals surface area (Å²) >= 11 is 0. The third-order valence-corrected chi connectivity index (χ3v) is 20.7. The Kier molecular flexibility index (Phi) is 9.57. The fraction of sp³-hybridized carbons (Fsp3) is 0.771. The molecule has 220 valence electrons. The van der Waals surface area contributed by atoms with E-state index in [0.29, 0.717) is 23.2 Å². The van der Waals surface area contributed by atoms with Crippen LogP contribution in [0.15, 0.2) is 35.5 Å². The second-order valence-corrected chi connectivity index (χ2v) is 25.8. The molecule has 0 heterocycles. The summed E-state index contributed by atoms with van der Waals surface area (Å²) in [7, 11) is -3.86. The van der Waals surface area contributed by atoms with Crippen LogP contribution in [0.25, 0.3) is 0 Å². The first-order valence-electron chi connectivity index (χ1n) is 15.6. The van der Waals surface area contributed by atoms with Gasteiger partial charge in [0.15, 0.2) is 16.6 Å². The lowest BCUT2D eigenvalue weighted by atomic mass is 9.61. The number of hydrogen-bond donors (Lipinski definition) is 0. The van der Waals surface area contributed by atoms with Crippen molar-refractivity contribution >= 4 is 16.6 Å². The van der Waals surface area contributed by atoms with Gasteiger partial charge in [-0.1, -0.05) is 79.7 Å². The molecule has 0 radical (unpaired) electrons. The van der Waals surface area contributed by atoms with Crippen LogP contribution in [0.4, 0.5) is 0 Å². The summed E-state index contributed by atoms with van der Waals surface area (Å²) in [4.78, 5) is 0. The molecule has 2 nitrogen and oxygen atoms in total. The molecule has 0 unspecified atom stereocenters. The van der Waals surface area contributed by atoms with E-state index in [4.69, 9.17) is 15.3 Å². The van der Waals surface area contributed by atoms with Gasteiger partial charge in [0, 0.05) is 12.3 Å². The highest BCUT2D eigenvalue weighted by Crippen LogP contribution is 2.59. The normalized spacial score (nSPS) is 33.8. The molecule has 3 saturated carbocycles. The van der Waals surface area contributed by atoms with Gasteiger partial charge in [-0.3, -0.25) is 0 Å². The van der Waals surface area contributed by atoms with Gasteiger partial charge < -0.3 is 8.85 Å². The molecular weight excluding hydrogens is 509 g/mol. The van der Waals surface area contributed by atoms with Crippen molar-refractivity contribution in [3.63, 3.8) is 0 Å². The summed E-state index contributed by atoms with van der Waals surface area (Å²) in [5.74, 6) is 4.72. The Hall–Kier alpha value is -0.866. The Morgan fingerprint density at radius 1 is 1.00 bits per heavy atom. The number of allylic oxidation sites excluding steroid dienone is 3. The fourth-order valence-corrected chi connectivity index (χ4v) is 9.65. The average molecular weight is 569 g/mol. The highest BCUT2D eigenvalue weighted by Gasteiger charge is 2.50. The molecule has 39 heavy (non-hydrogen) atoms. The number of hydrogen-bond acceptors (Lipinski definition) is 2. The van der Waals surface area contributed by atoms with Crippen molar-refractivity contribution in [3.8, 4) is 12.3 Å². The van der Waals surface area contributed by atoms with E-state index in [0.717, 1.165) is 12.8 Å². The molecule has 0 aromatic heterocycles. The lowest BCUT2D eigenvalue weighted by Crippen LogP contribution is -2.49. The van der Waals surface area contributed by atoms with Crippen molar-refractivity contribution in [2.75, 3.05) is 0 Å². The second-order valence-electron chi connectivity index (χ2n) is 16.3. The Bertz CT molecular complexity index is 1010. The molecule has 4 heteroatoms. The Balaban J connectivity index is 1.93. The molecular formula is C35H60O2Si2. The van der Waals surface area contributed by atoms with Crippen LogP contribution in [0.5, 0.6) is 0 Å². The molecule has 0 aromatic rings. The Labute approximate surface area is 244 Å². The van der Waals surface area contributed by atoms with Crippen LogP contribution in [-0.4, -0.2) is 28.8 Å². The molecule has 0 aliphatic heterocycles. The van der Waals surface area contributed by atoms with Gasteiger partial charge in [0.05, 0.1) is 12.2 Å². The molecule has 0 N–H and O–H groups in total. The van der Waals surface area contributed by atoms with Crippen molar-refractivity contribution in [1.29, 1.82) is 0 Å². The van der Waals surface area contributed by atoms with Crippen LogP contribution in [0.3, 0.4) is 0 Å². The highest BCUT2D eigenvalue weighted by atomic mass is 28.4. The van der Waals surface area contributed by atoms with Gasteiger partial charge in [-0.05, 0) is 103 Å². The zero-order valence-corrected chi connectivity index (χ0v) is 29.6. The lowest BCUT2D eigenvalue weighted by molar-refractivity contribution is 0.0969. The standard InChI is InChI=1S/C35H60O2Si2/c1-15-25(2)30-20-21-31-27(17-16-22-35(30,31)10)18-19-28-23-29(36-38(11,12)33(4,5)6)24-32(26(28)3)37-39(13,14)34(7,8)9/h1,18-19,25,29-32H,3,16-17,20-24H2,2,4-14H3/b27-18+,28-19+/t25-,29-,30-,31+,32+,35-/m1/s1. The molecule has 3 fully saturated rings. The second kappa shape index (κ2) is 11.4. The largest absolute Gasteiger partial charge is 0.413 e. The summed E-state index contributed by atoms with van der Waals surface area (Å²) in [6, 6.07) is 0. The maximum Gasteiger partial charge on any atom is 0.192 e. The monoisotopic (exact) mass is 568 g/mol. The van der Waals surface area contributed by atoms with Crippen LogP contribution in [0.1, 0.15) is 100 Å². The minimum Gasteiger partial charge on any atom is -0.413 e. The molecule has 0 saturated heterocycles. The third-order valence-electron chi connectivity index (χ3n) is 11.6. The molecule has 0 spiro atoms. The van der Waals surface area contributed by atoms with Crippen molar-refractivity contribution in [2.24, 2.45) is 23.2 Å². The maximum atomic E-state index is 7.04. The van der Waals surface area contributed by atoms with E-state index in [1.165, 1.54) is 43.3 Å². The van der Waals surface area contributed by atoms with Crippen molar-refractivity contribution in [1.82, 2.24) is 0 Å². The van der Waals surface area contributed by atoms with E-state index >= 15 is 0 Å².